The van der Waals surface area contributed by atoms with Crippen LogP contribution in [-0.4, -0.2) is 36.9 Å². The maximum absolute atomic E-state index is 9.60. The van der Waals surface area contributed by atoms with E-state index in [4.69, 9.17) is 0 Å². The molecule has 1 heterocycles. The molecule has 3 nitrogen and oxygen atoms in total. The van der Waals surface area contributed by atoms with Crippen LogP contribution >= 0.6 is 0 Å². The van der Waals surface area contributed by atoms with Crippen molar-refractivity contribution in [2.24, 2.45) is 5.92 Å². The predicted octanol–water partition coefficient (Wildman–Crippen LogP) is 0.345. The van der Waals surface area contributed by atoms with Crippen LogP contribution in [0.2, 0.25) is 0 Å². The Labute approximate surface area is 80.9 Å². The van der Waals surface area contributed by atoms with E-state index in [1.54, 1.807) is 0 Å². The van der Waals surface area contributed by atoms with Crippen LogP contribution in [-0.2, 0) is 0 Å². The summed E-state index contributed by atoms with van der Waals surface area (Å²) in [5, 5.41) is 16.3. The molecule has 3 heteroatoms. The van der Waals surface area contributed by atoms with Crippen LogP contribution < -0.4 is 10.6 Å². The largest absolute Gasteiger partial charge is 0.392 e. The van der Waals surface area contributed by atoms with Crippen LogP contribution in [0.3, 0.4) is 0 Å². The molecule has 1 aliphatic heterocycles. The molecule has 0 saturated carbocycles. The van der Waals surface area contributed by atoms with Crippen molar-refractivity contribution in [1.29, 1.82) is 0 Å². The lowest BCUT2D eigenvalue weighted by molar-refractivity contribution is 0.143. The van der Waals surface area contributed by atoms with Crippen molar-refractivity contribution in [3.8, 4) is 0 Å². The van der Waals surface area contributed by atoms with E-state index in [0.717, 1.165) is 26.1 Å². The maximum Gasteiger partial charge on any atom is 0.0667 e. The third-order valence-electron chi connectivity index (χ3n) is 2.45. The van der Waals surface area contributed by atoms with Crippen molar-refractivity contribution < 1.29 is 5.11 Å². The second-order valence-corrected chi connectivity index (χ2v) is 4.38. The topological polar surface area (TPSA) is 44.3 Å². The minimum Gasteiger partial charge on any atom is -0.392 e. The monoisotopic (exact) mass is 186 g/mol. The Morgan fingerprint density at radius 1 is 1.54 bits per heavy atom. The molecule has 2 unspecified atom stereocenters. The quantitative estimate of drug-likeness (QED) is 0.580. The molecule has 3 N–H and O–H groups in total. The number of rotatable bonds is 5. The second kappa shape index (κ2) is 5.58. The zero-order chi connectivity index (χ0) is 9.68. The fraction of sp³-hybridized carbons (Fsp3) is 1.00. The summed E-state index contributed by atoms with van der Waals surface area (Å²) in [6.45, 7) is 7.18. The molecule has 0 aromatic rings. The van der Waals surface area contributed by atoms with Gasteiger partial charge >= 0.3 is 0 Å². The SMILES string of the molecule is CC(C)CC(O)CNC1CCNC1. The van der Waals surface area contributed by atoms with E-state index in [0.29, 0.717) is 12.0 Å². The first-order valence-electron chi connectivity index (χ1n) is 5.30. The fourth-order valence-corrected chi connectivity index (χ4v) is 1.76. The molecule has 2 atom stereocenters. The van der Waals surface area contributed by atoms with Gasteiger partial charge in [0.1, 0.15) is 0 Å². The van der Waals surface area contributed by atoms with Gasteiger partial charge in [0, 0.05) is 19.1 Å². The maximum atomic E-state index is 9.60. The van der Waals surface area contributed by atoms with Crippen molar-refractivity contribution in [2.45, 2.75) is 38.8 Å². The van der Waals surface area contributed by atoms with Crippen molar-refractivity contribution in [3.05, 3.63) is 0 Å². The number of hydrogen-bond acceptors (Lipinski definition) is 3. The number of aliphatic hydroxyl groups is 1. The summed E-state index contributed by atoms with van der Waals surface area (Å²) < 4.78 is 0. The Hall–Kier alpha value is -0.120. The molecule has 0 bridgehead atoms. The molecule has 0 amide bonds. The highest BCUT2D eigenvalue weighted by atomic mass is 16.3. The molecule has 1 aliphatic rings. The Morgan fingerprint density at radius 3 is 2.85 bits per heavy atom. The summed E-state index contributed by atoms with van der Waals surface area (Å²) in [5.74, 6) is 0.582. The summed E-state index contributed by atoms with van der Waals surface area (Å²) >= 11 is 0. The Balaban J connectivity index is 2.03. The molecule has 0 aromatic carbocycles. The van der Waals surface area contributed by atoms with Crippen molar-refractivity contribution in [1.82, 2.24) is 10.6 Å². The highest BCUT2D eigenvalue weighted by Crippen LogP contribution is 2.04. The van der Waals surface area contributed by atoms with Crippen LogP contribution in [0.25, 0.3) is 0 Å². The molecule has 1 fully saturated rings. The van der Waals surface area contributed by atoms with Gasteiger partial charge in [-0.05, 0) is 25.3 Å². The van der Waals surface area contributed by atoms with Gasteiger partial charge < -0.3 is 15.7 Å². The molecule has 0 radical (unpaired) electrons. The molecule has 1 rings (SSSR count). The third kappa shape index (κ3) is 4.60. The third-order valence-corrected chi connectivity index (χ3v) is 2.45. The molecule has 13 heavy (non-hydrogen) atoms. The second-order valence-electron chi connectivity index (χ2n) is 4.38. The van der Waals surface area contributed by atoms with E-state index in [1.165, 1.54) is 6.42 Å². The van der Waals surface area contributed by atoms with E-state index in [2.05, 4.69) is 24.5 Å². The summed E-state index contributed by atoms with van der Waals surface area (Å²) in [6.07, 6.45) is 1.90. The van der Waals surface area contributed by atoms with Gasteiger partial charge in [-0.15, -0.1) is 0 Å². The van der Waals surface area contributed by atoms with Gasteiger partial charge in [0.25, 0.3) is 0 Å². The summed E-state index contributed by atoms with van der Waals surface area (Å²) in [5.41, 5.74) is 0. The van der Waals surface area contributed by atoms with Crippen LogP contribution in [0.5, 0.6) is 0 Å². The predicted molar refractivity (Wildman–Crippen MR) is 54.7 cm³/mol. The van der Waals surface area contributed by atoms with Crippen molar-refractivity contribution >= 4 is 0 Å². The number of hydrogen-bond donors (Lipinski definition) is 3. The minimum atomic E-state index is -0.180. The van der Waals surface area contributed by atoms with E-state index in [9.17, 15) is 5.11 Å². The van der Waals surface area contributed by atoms with Gasteiger partial charge in [-0.1, -0.05) is 13.8 Å². The smallest absolute Gasteiger partial charge is 0.0667 e. The molecule has 0 aliphatic carbocycles. The van der Waals surface area contributed by atoms with Gasteiger partial charge in [-0.25, -0.2) is 0 Å². The van der Waals surface area contributed by atoms with Crippen LogP contribution in [0.15, 0.2) is 0 Å². The van der Waals surface area contributed by atoms with E-state index in [1.807, 2.05) is 0 Å². The standard InChI is InChI=1S/C10H22N2O/c1-8(2)5-10(13)7-12-9-3-4-11-6-9/h8-13H,3-7H2,1-2H3. The van der Waals surface area contributed by atoms with Crippen molar-refractivity contribution in [2.75, 3.05) is 19.6 Å². The number of nitrogens with one attached hydrogen (secondary N) is 2. The number of aliphatic hydroxyl groups excluding tert-OH is 1. The summed E-state index contributed by atoms with van der Waals surface area (Å²) in [4.78, 5) is 0. The van der Waals surface area contributed by atoms with Gasteiger partial charge in [0.05, 0.1) is 6.10 Å². The average Bonchev–Trinajstić information content (AvgIpc) is 2.51. The first-order chi connectivity index (χ1) is 6.18. The van der Waals surface area contributed by atoms with Crippen molar-refractivity contribution in [3.63, 3.8) is 0 Å². The Morgan fingerprint density at radius 2 is 2.31 bits per heavy atom. The van der Waals surface area contributed by atoms with E-state index in [-0.39, 0.29) is 6.10 Å². The zero-order valence-electron chi connectivity index (χ0n) is 8.71. The van der Waals surface area contributed by atoms with Gasteiger partial charge in [-0.3, -0.25) is 0 Å². The van der Waals surface area contributed by atoms with E-state index < -0.39 is 0 Å². The van der Waals surface area contributed by atoms with Crippen LogP contribution in [0, 0.1) is 5.92 Å². The average molecular weight is 186 g/mol. The summed E-state index contributed by atoms with van der Waals surface area (Å²) in [7, 11) is 0. The summed E-state index contributed by atoms with van der Waals surface area (Å²) in [6, 6.07) is 0.571. The van der Waals surface area contributed by atoms with E-state index >= 15 is 0 Å². The normalized spacial score (nSPS) is 25.4. The van der Waals surface area contributed by atoms with Gasteiger partial charge in [0.2, 0.25) is 0 Å². The molecule has 0 spiro atoms. The van der Waals surface area contributed by atoms with Gasteiger partial charge in [-0.2, -0.15) is 0 Å². The van der Waals surface area contributed by atoms with Crippen LogP contribution in [0.1, 0.15) is 26.7 Å². The Bertz CT molecular complexity index is 133. The van der Waals surface area contributed by atoms with Crippen LogP contribution in [0.4, 0.5) is 0 Å². The van der Waals surface area contributed by atoms with Gasteiger partial charge in [0.15, 0.2) is 0 Å². The lowest BCUT2D eigenvalue weighted by Crippen LogP contribution is -2.37. The highest BCUT2D eigenvalue weighted by Gasteiger charge is 2.15. The first-order valence-corrected chi connectivity index (χ1v) is 5.30. The Kier molecular flexibility index (Phi) is 4.70. The fourth-order valence-electron chi connectivity index (χ4n) is 1.76. The molecular formula is C10H22N2O. The molecule has 0 aromatic heterocycles. The zero-order valence-corrected chi connectivity index (χ0v) is 8.71. The first kappa shape index (κ1) is 11.0. The molecule has 78 valence electrons. The molecule has 1 saturated heterocycles. The lowest BCUT2D eigenvalue weighted by Gasteiger charge is -2.16. The highest BCUT2D eigenvalue weighted by molar-refractivity contribution is 4.78. The minimum absolute atomic E-state index is 0.180. The lowest BCUT2D eigenvalue weighted by atomic mass is 10.1. The molecular weight excluding hydrogens is 164 g/mol.